The smallest absolute Gasteiger partial charge is 0.258 e. The van der Waals surface area contributed by atoms with Gasteiger partial charge in [0.25, 0.3) is 0 Å². The molecule has 0 bridgehead atoms. The first-order chi connectivity index (χ1) is 11.7. The molecule has 0 spiro atoms. The highest BCUT2D eigenvalue weighted by Gasteiger charge is 2.38. The zero-order valence-corrected chi connectivity index (χ0v) is 13.7. The number of benzene rings is 1. The van der Waals surface area contributed by atoms with Crippen molar-refractivity contribution in [1.29, 1.82) is 0 Å². The molecule has 1 aromatic heterocycles. The maximum atomic E-state index is 12.5. The van der Waals surface area contributed by atoms with Crippen LogP contribution in [0.5, 0.6) is 0 Å². The lowest BCUT2D eigenvalue weighted by Gasteiger charge is -2.09. The minimum Gasteiger partial charge on any atom is -0.258 e. The first-order valence-electron chi connectivity index (χ1n) is 8.40. The molecular formula is C20H20N3O+. The first kappa shape index (κ1) is 14.8. The number of carbonyl (C=O) groups excluding carboxylic acids is 1. The largest absolute Gasteiger partial charge is 0.358 e. The molecule has 0 saturated carbocycles. The van der Waals surface area contributed by atoms with Gasteiger partial charge in [0.05, 0.1) is 0 Å². The molecule has 2 aliphatic rings. The average Bonchev–Trinajstić information content (AvgIpc) is 2.92. The van der Waals surface area contributed by atoms with Crippen LogP contribution < -0.4 is 9.88 Å². The molecule has 1 N–H and O–H groups in total. The Hall–Kier alpha value is -2.75. The van der Waals surface area contributed by atoms with E-state index in [0.29, 0.717) is 6.42 Å². The maximum absolute atomic E-state index is 12.5. The molecule has 2 heterocycles. The van der Waals surface area contributed by atoms with Gasteiger partial charge >= 0.3 is 11.7 Å². The molecule has 2 aromatic rings. The van der Waals surface area contributed by atoms with Gasteiger partial charge in [0.15, 0.2) is 6.04 Å². The molecule has 4 rings (SSSR count). The third-order valence-electron chi connectivity index (χ3n) is 4.49. The summed E-state index contributed by atoms with van der Waals surface area (Å²) in [7, 11) is 0. The summed E-state index contributed by atoms with van der Waals surface area (Å²) in [4.78, 5) is 17.3. The third-order valence-corrected chi connectivity index (χ3v) is 4.49. The standard InChI is InChI=1S/C20H19N3O/c1-14-20(24)23-13-18(16-10-6-3-7-11-16)22-17(19(23)21-14)12-15-8-4-2-5-9-15/h2,4-6,8-11,13-14H,3,7,12H2,1H3/p+1. The molecule has 24 heavy (non-hydrogen) atoms. The third kappa shape index (κ3) is 2.64. The number of hydrogen-bond acceptors (Lipinski definition) is 3. The molecular weight excluding hydrogens is 298 g/mol. The molecule has 1 aliphatic carbocycles. The number of aromatic nitrogens is 2. The quantitative estimate of drug-likeness (QED) is 0.884. The molecule has 0 radical (unpaired) electrons. The molecule has 4 nitrogen and oxygen atoms in total. The maximum Gasteiger partial charge on any atom is 0.358 e. The van der Waals surface area contributed by atoms with E-state index in [1.54, 1.807) is 4.57 Å². The van der Waals surface area contributed by atoms with Crippen LogP contribution in [0.3, 0.4) is 0 Å². The highest BCUT2D eigenvalue weighted by Crippen LogP contribution is 2.24. The van der Waals surface area contributed by atoms with Crippen LogP contribution in [0.4, 0.5) is 5.82 Å². The van der Waals surface area contributed by atoms with Crippen LogP contribution in [0.25, 0.3) is 5.57 Å². The molecule has 4 heteroatoms. The number of hydrogen-bond donors (Lipinski definition) is 1. The Morgan fingerprint density at radius 1 is 1.25 bits per heavy atom. The van der Waals surface area contributed by atoms with Gasteiger partial charge in [0.1, 0.15) is 17.6 Å². The highest BCUT2D eigenvalue weighted by atomic mass is 16.2. The second kappa shape index (κ2) is 6.04. The summed E-state index contributed by atoms with van der Waals surface area (Å²) in [5, 5.41) is 3.28. The van der Waals surface area contributed by atoms with Crippen LogP contribution in [0.2, 0.25) is 0 Å². The van der Waals surface area contributed by atoms with Gasteiger partial charge in [-0.05, 0) is 30.9 Å². The summed E-state index contributed by atoms with van der Waals surface area (Å²) in [5.41, 5.74) is 4.06. The monoisotopic (exact) mass is 318 g/mol. The molecule has 1 aromatic carbocycles. The predicted octanol–water partition coefficient (Wildman–Crippen LogP) is 3.15. The summed E-state index contributed by atoms with van der Waals surface area (Å²) < 4.78 is 1.73. The van der Waals surface area contributed by atoms with Gasteiger partial charge in [0, 0.05) is 6.42 Å². The minimum atomic E-state index is -0.215. The lowest BCUT2D eigenvalue weighted by atomic mass is 10.0. The van der Waals surface area contributed by atoms with Crippen LogP contribution in [0, 0.1) is 0 Å². The van der Waals surface area contributed by atoms with Gasteiger partial charge in [-0.3, -0.25) is 5.32 Å². The lowest BCUT2D eigenvalue weighted by Crippen LogP contribution is -2.42. The Morgan fingerprint density at radius 2 is 2.08 bits per heavy atom. The molecule has 1 aliphatic heterocycles. The summed E-state index contributed by atoms with van der Waals surface area (Å²) in [5.74, 6) is 0.892. The normalized spacial score (nSPS) is 19.0. The molecule has 1 unspecified atom stereocenters. The Balaban J connectivity index is 1.81. The van der Waals surface area contributed by atoms with Crippen LogP contribution in [0.1, 0.15) is 41.5 Å². The Bertz CT molecular complexity index is 853. The van der Waals surface area contributed by atoms with Crippen molar-refractivity contribution in [3.8, 4) is 0 Å². The van der Waals surface area contributed by atoms with Crippen molar-refractivity contribution in [1.82, 2.24) is 4.98 Å². The summed E-state index contributed by atoms with van der Waals surface area (Å²) in [6.45, 7) is 1.89. The minimum absolute atomic E-state index is 0.0725. The zero-order valence-electron chi connectivity index (χ0n) is 13.7. The number of fused-ring (bicyclic) bond motifs is 1. The van der Waals surface area contributed by atoms with Crippen LogP contribution in [-0.4, -0.2) is 16.9 Å². The SMILES string of the molecule is CC1Nc2c(Cc3ccccc3)nc(C3=CCCC=C3)c[n+]2C1=O. The van der Waals surface area contributed by atoms with Gasteiger partial charge in [-0.2, -0.15) is 4.57 Å². The fraction of sp³-hybridized carbons (Fsp3) is 0.250. The highest BCUT2D eigenvalue weighted by molar-refractivity contribution is 5.82. The van der Waals surface area contributed by atoms with Crippen LogP contribution in [0.15, 0.2) is 54.8 Å². The number of anilines is 1. The zero-order chi connectivity index (χ0) is 16.5. The predicted molar refractivity (Wildman–Crippen MR) is 93.7 cm³/mol. The number of allylic oxidation sites excluding steroid dienone is 4. The Labute approximate surface area is 141 Å². The first-order valence-corrected chi connectivity index (χ1v) is 8.40. The van der Waals surface area contributed by atoms with Crippen LogP contribution in [-0.2, 0) is 6.42 Å². The summed E-state index contributed by atoms with van der Waals surface area (Å²) in [6, 6.07) is 10.0. The number of nitrogens with zero attached hydrogens (tertiary/aromatic N) is 2. The molecule has 0 amide bonds. The van der Waals surface area contributed by atoms with Gasteiger partial charge in [-0.25, -0.2) is 9.78 Å². The van der Waals surface area contributed by atoms with Crippen molar-refractivity contribution >= 4 is 17.3 Å². The van der Waals surface area contributed by atoms with Crippen molar-refractivity contribution in [3.05, 3.63) is 71.7 Å². The van der Waals surface area contributed by atoms with Gasteiger partial charge in [0.2, 0.25) is 0 Å². The van der Waals surface area contributed by atoms with Gasteiger partial charge in [-0.1, -0.05) is 48.6 Å². The van der Waals surface area contributed by atoms with E-state index in [2.05, 4.69) is 35.7 Å². The van der Waals surface area contributed by atoms with Crippen molar-refractivity contribution in [2.75, 3.05) is 5.32 Å². The molecule has 0 saturated heterocycles. The topological polar surface area (TPSA) is 45.9 Å². The Kier molecular flexibility index (Phi) is 3.73. The summed E-state index contributed by atoms with van der Waals surface area (Å²) in [6.07, 6.45) is 11.1. The van der Waals surface area contributed by atoms with E-state index in [4.69, 9.17) is 4.98 Å². The van der Waals surface area contributed by atoms with Gasteiger partial charge < -0.3 is 0 Å². The van der Waals surface area contributed by atoms with E-state index >= 15 is 0 Å². The lowest BCUT2D eigenvalue weighted by molar-refractivity contribution is -0.553. The van der Waals surface area contributed by atoms with Crippen molar-refractivity contribution < 1.29 is 9.36 Å². The number of rotatable bonds is 3. The van der Waals surface area contributed by atoms with Crippen molar-refractivity contribution in [2.24, 2.45) is 0 Å². The van der Waals surface area contributed by atoms with E-state index in [1.807, 2.05) is 31.3 Å². The van der Waals surface area contributed by atoms with E-state index in [9.17, 15) is 4.79 Å². The van der Waals surface area contributed by atoms with Crippen LogP contribution >= 0.6 is 0 Å². The molecule has 120 valence electrons. The van der Waals surface area contributed by atoms with Crippen molar-refractivity contribution in [2.45, 2.75) is 32.2 Å². The number of nitrogens with one attached hydrogen (secondary N) is 1. The van der Waals surface area contributed by atoms with E-state index in [0.717, 1.165) is 35.6 Å². The molecule has 0 fully saturated rings. The second-order valence-electron chi connectivity index (χ2n) is 6.30. The average molecular weight is 318 g/mol. The van der Waals surface area contributed by atoms with E-state index in [-0.39, 0.29) is 11.9 Å². The summed E-state index contributed by atoms with van der Waals surface area (Å²) >= 11 is 0. The number of carbonyl (C=O) groups is 1. The fourth-order valence-electron chi connectivity index (χ4n) is 3.21. The molecule has 1 atom stereocenters. The van der Waals surface area contributed by atoms with Crippen molar-refractivity contribution in [3.63, 3.8) is 0 Å². The Morgan fingerprint density at radius 3 is 2.83 bits per heavy atom. The fourth-order valence-corrected chi connectivity index (χ4v) is 3.21. The van der Waals surface area contributed by atoms with E-state index in [1.165, 1.54) is 5.56 Å². The van der Waals surface area contributed by atoms with Gasteiger partial charge in [-0.15, -0.1) is 0 Å². The van der Waals surface area contributed by atoms with E-state index < -0.39 is 0 Å². The second-order valence-corrected chi connectivity index (χ2v) is 6.30.